The Bertz CT molecular complexity index is 1990. The number of aromatic nitrogens is 3. The summed E-state index contributed by atoms with van der Waals surface area (Å²) in [6, 6.07) is 31.8. The Morgan fingerprint density at radius 3 is 2.33 bits per heavy atom. The number of pyridine rings is 2. The van der Waals surface area contributed by atoms with Crippen LogP contribution in [0.15, 0.2) is 101 Å². The van der Waals surface area contributed by atoms with Gasteiger partial charge in [-0.1, -0.05) is 50.4 Å². The van der Waals surface area contributed by atoms with Gasteiger partial charge in [0.05, 0.1) is 0 Å². The van der Waals surface area contributed by atoms with Gasteiger partial charge in [-0.3, -0.25) is 0 Å². The van der Waals surface area contributed by atoms with E-state index in [9.17, 15) is 8.42 Å². The standard InChI is InChI=1S/C33H27N3O2S.Pt/c1-22-9-8-17-35-32(22)39(37,38)26-11-7-10-23(19-26)24-14-15-28-27-12-5-6-13-29(27)36(30(28)20-24)31-21-25(16-18-34-31)33(2,3)4;/h5-18,21H,1-4H3;/q-2;+2. The topological polar surface area (TPSA) is 64.8 Å². The van der Waals surface area contributed by atoms with Crippen molar-refractivity contribution in [3.05, 3.63) is 115 Å². The molecule has 0 aliphatic heterocycles. The van der Waals surface area contributed by atoms with Crippen molar-refractivity contribution < 1.29 is 29.5 Å². The van der Waals surface area contributed by atoms with E-state index in [1.807, 2.05) is 30.5 Å². The summed E-state index contributed by atoms with van der Waals surface area (Å²) in [5, 5.41) is 2.19. The molecular weight excluding hydrogens is 698 g/mol. The Morgan fingerprint density at radius 1 is 0.775 bits per heavy atom. The summed E-state index contributed by atoms with van der Waals surface area (Å²) >= 11 is 0. The predicted molar refractivity (Wildman–Crippen MR) is 155 cm³/mol. The summed E-state index contributed by atoms with van der Waals surface area (Å²) in [4.78, 5) is 8.95. The van der Waals surface area contributed by atoms with Gasteiger partial charge < -0.3 is 4.57 Å². The van der Waals surface area contributed by atoms with E-state index in [1.165, 1.54) is 11.8 Å². The van der Waals surface area contributed by atoms with Gasteiger partial charge in [0, 0.05) is 17.9 Å². The molecule has 0 atom stereocenters. The Hall–Kier alpha value is -3.60. The molecule has 0 amide bonds. The van der Waals surface area contributed by atoms with Crippen LogP contribution in [0, 0.1) is 19.1 Å². The van der Waals surface area contributed by atoms with E-state index in [-0.39, 0.29) is 36.4 Å². The molecule has 0 spiro atoms. The van der Waals surface area contributed by atoms with Crippen LogP contribution in [-0.2, 0) is 36.3 Å². The van der Waals surface area contributed by atoms with Gasteiger partial charge in [0.15, 0.2) is 5.03 Å². The average Bonchev–Trinajstić information content (AvgIpc) is 3.26. The number of aryl methyl sites for hydroxylation is 1. The molecule has 7 heteroatoms. The molecule has 0 saturated carbocycles. The third kappa shape index (κ3) is 4.80. The molecule has 5 nitrogen and oxygen atoms in total. The third-order valence-electron chi connectivity index (χ3n) is 6.99. The van der Waals surface area contributed by atoms with Crippen LogP contribution in [0.1, 0.15) is 31.9 Å². The van der Waals surface area contributed by atoms with Crippen LogP contribution in [-0.4, -0.2) is 23.0 Å². The summed E-state index contributed by atoms with van der Waals surface area (Å²) in [5.74, 6) is 0.813. The molecule has 40 heavy (non-hydrogen) atoms. The summed E-state index contributed by atoms with van der Waals surface area (Å²) in [6.45, 7) is 8.30. The molecule has 3 aromatic heterocycles. The maximum Gasteiger partial charge on any atom is 2.00 e. The minimum Gasteiger partial charge on any atom is -0.314 e. The molecule has 3 aromatic carbocycles. The first-order chi connectivity index (χ1) is 18.6. The fraction of sp³-hybridized carbons (Fsp3) is 0.152. The largest absolute Gasteiger partial charge is 2.00 e. The van der Waals surface area contributed by atoms with Crippen LogP contribution in [0.3, 0.4) is 0 Å². The maximum absolute atomic E-state index is 13.4. The number of sulfone groups is 1. The molecule has 0 bridgehead atoms. The van der Waals surface area contributed by atoms with Crippen LogP contribution in [0.4, 0.5) is 0 Å². The van der Waals surface area contributed by atoms with E-state index in [2.05, 4.69) is 72.8 Å². The van der Waals surface area contributed by atoms with Crippen molar-refractivity contribution in [3.8, 4) is 16.9 Å². The number of hydrogen-bond acceptors (Lipinski definition) is 4. The van der Waals surface area contributed by atoms with Gasteiger partial charge in [-0.15, -0.1) is 12.1 Å². The summed E-state index contributed by atoms with van der Waals surface area (Å²) in [6.07, 6.45) is 3.34. The Labute approximate surface area is 249 Å². The molecule has 0 fully saturated rings. The molecule has 3 heterocycles. The first kappa shape index (κ1) is 27.9. The quantitative estimate of drug-likeness (QED) is 0.180. The number of hydrogen-bond donors (Lipinski definition) is 0. The summed E-state index contributed by atoms with van der Waals surface area (Å²) in [5.41, 5.74) is 5.04. The van der Waals surface area contributed by atoms with Gasteiger partial charge in [-0.25, -0.2) is 29.5 Å². The number of para-hydroxylation sites is 1. The summed E-state index contributed by atoms with van der Waals surface area (Å²) in [7, 11) is -3.83. The molecule has 0 radical (unpaired) electrons. The van der Waals surface area contributed by atoms with Crippen molar-refractivity contribution in [2.75, 3.05) is 0 Å². The first-order valence-electron chi connectivity index (χ1n) is 12.8. The number of rotatable bonds is 4. The van der Waals surface area contributed by atoms with Gasteiger partial charge in [-0.2, -0.15) is 30.3 Å². The molecule has 0 N–H and O–H groups in total. The Balaban J connectivity index is 0.00000323. The molecule has 6 rings (SSSR count). The average molecular weight is 725 g/mol. The van der Waals surface area contributed by atoms with Gasteiger partial charge in [-0.05, 0) is 63.5 Å². The van der Waals surface area contributed by atoms with Crippen molar-refractivity contribution in [1.82, 2.24) is 14.5 Å². The van der Waals surface area contributed by atoms with Crippen molar-refractivity contribution in [3.63, 3.8) is 0 Å². The predicted octanol–water partition coefficient (Wildman–Crippen LogP) is 7.28. The van der Waals surface area contributed by atoms with Gasteiger partial charge in [0.2, 0.25) is 9.84 Å². The summed E-state index contributed by atoms with van der Waals surface area (Å²) < 4.78 is 28.9. The zero-order valence-electron chi connectivity index (χ0n) is 22.5. The Morgan fingerprint density at radius 2 is 1.55 bits per heavy atom. The molecule has 0 saturated heterocycles. The van der Waals surface area contributed by atoms with Crippen LogP contribution < -0.4 is 0 Å². The smallest absolute Gasteiger partial charge is 0.314 e. The van der Waals surface area contributed by atoms with Crippen molar-refractivity contribution in [1.29, 1.82) is 0 Å². The van der Waals surface area contributed by atoms with E-state index >= 15 is 0 Å². The molecule has 0 unspecified atom stereocenters. The maximum atomic E-state index is 13.4. The molecule has 0 aliphatic carbocycles. The van der Waals surface area contributed by atoms with Gasteiger partial charge >= 0.3 is 21.1 Å². The zero-order valence-corrected chi connectivity index (χ0v) is 25.6. The van der Waals surface area contributed by atoms with E-state index < -0.39 is 9.84 Å². The van der Waals surface area contributed by atoms with Crippen molar-refractivity contribution in [2.24, 2.45) is 0 Å². The van der Waals surface area contributed by atoms with E-state index in [0.29, 0.717) is 11.1 Å². The van der Waals surface area contributed by atoms with Crippen molar-refractivity contribution >= 4 is 31.6 Å². The van der Waals surface area contributed by atoms with Crippen LogP contribution in [0.5, 0.6) is 0 Å². The molecule has 6 aromatic rings. The minimum absolute atomic E-state index is 0. The first-order valence-corrected chi connectivity index (χ1v) is 14.2. The van der Waals surface area contributed by atoms with Crippen LogP contribution >= 0.6 is 0 Å². The number of nitrogens with zero attached hydrogens (tertiary/aromatic N) is 3. The van der Waals surface area contributed by atoms with E-state index in [1.54, 1.807) is 31.2 Å². The monoisotopic (exact) mass is 724 g/mol. The SMILES string of the molecule is Cc1cccnc1S(=O)(=O)c1[c-]c(-c2[c-]c3c(cc2)c2ccccc2n3-c2cc(C(C)(C)C)ccn2)ccc1.[Pt+2]. The van der Waals surface area contributed by atoms with Gasteiger partial charge in [0.25, 0.3) is 0 Å². The second-order valence-corrected chi connectivity index (χ2v) is 12.5. The normalized spacial score (nSPS) is 12.0. The molecule has 202 valence electrons. The number of fused-ring (bicyclic) bond motifs is 3. The van der Waals surface area contributed by atoms with E-state index in [4.69, 9.17) is 4.98 Å². The fourth-order valence-electron chi connectivity index (χ4n) is 4.91. The second kappa shape index (κ2) is 10.4. The minimum atomic E-state index is -3.83. The van der Waals surface area contributed by atoms with E-state index in [0.717, 1.165) is 33.2 Å². The molecular formula is C33H27N3O2PtS. The van der Waals surface area contributed by atoms with Crippen LogP contribution in [0.2, 0.25) is 0 Å². The van der Waals surface area contributed by atoms with Crippen LogP contribution in [0.25, 0.3) is 38.8 Å². The Kier molecular flexibility index (Phi) is 7.28. The number of benzene rings is 3. The van der Waals surface area contributed by atoms with Crippen molar-refractivity contribution in [2.45, 2.75) is 43.0 Å². The fourth-order valence-corrected chi connectivity index (χ4v) is 6.32. The van der Waals surface area contributed by atoms with Gasteiger partial charge in [0.1, 0.15) is 5.82 Å². The zero-order chi connectivity index (χ0) is 27.4. The third-order valence-corrected chi connectivity index (χ3v) is 8.74. The second-order valence-electron chi connectivity index (χ2n) is 10.7. The molecule has 0 aliphatic rings.